The third kappa shape index (κ3) is 7.17. The Kier molecular flexibility index (Phi) is 8.74. The van der Waals surface area contributed by atoms with Gasteiger partial charge in [-0.3, -0.25) is 9.69 Å². The number of carbonyl (C=O) groups excluding carboxylic acids is 1. The molecule has 0 bridgehead atoms. The molecule has 1 aromatic carbocycles. The fourth-order valence-electron chi connectivity index (χ4n) is 1.90. The predicted octanol–water partition coefficient (Wildman–Crippen LogP) is 3.41. The van der Waals surface area contributed by atoms with Crippen molar-refractivity contribution in [3.63, 3.8) is 0 Å². The zero-order chi connectivity index (χ0) is 14.8. The molecule has 112 valence electrons. The van der Waals surface area contributed by atoms with E-state index in [1.54, 1.807) is 11.8 Å². The van der Waals surface area contributed by atoms with Gasteiger partial charge in [0.2, 0.25) is 5.91 Å². The van der Waals surface area contributed by atoms with Crippen molar-refractivity contribution in [2.24, 2.45) is 5.73 Å². The van der Waals surface area contributed by atoms with E-state index >= 15 is 0 Å². The topological polar surface area (TPSA) is 46.3 Å². The largest absolute Gasteiger partial charge is 0.369 e. The van der Waals surface area contributed by atoms with E-state index in [1.165, 1.54) is 0 Å². The summed E-state index contributed by atoms with van der Waals surface area (Å²) in [5.41, 5.74) is 5.28. The molecule has 5 heteroatoms. The lowest BCUT2D eigenvalue weighted by molar-refractivity contribution is -0.119. The number of nitrogens with zero attached hydrogens (tertiary/aromatic N) is 1. The maximum absolute atomic E-state index is 11.0. The maximum Gasteiger partial charge on any atom is 0.231 e. The van der Waals surface area contributed by atoms with Gasteiger partial charge in [0.25, 0.3) is 0 Å². The fourth-order valence-corrected chi connectivity index (χ4v) is 3.08. The second kappa shape index (κ2) is 10.1. The molecule has 0 aliphatic carbocycles. The summed E-state index contributed by atoms with van der Waals surface area (Å²) in [6, 6.07) is 7.87. The van der Waals surface area contributed by atoms with Crippen LogP contribution in [0, 0.1) is 0 Å². The molecule has 0 spiro atoms. The highest BCUT2D eigenvalue weighted by Crippen LogP contribution is 2.26. The van der Waals surface area contributed by atoms with E-state index < -0.39 is 0 Å². The number of rotatable bonds is 10. The number of carbonyl (C=O) groups is 1. The number of nitrogens with two attached hydrogens (primary N) is 1. The molecule has 0 saturated heterocycles. The Labute approximate surface area is 130 Å². The van der Waals surface area contributed by atoms with Crippen LogP contribution < -0.4 is 5.73 Å². The summed E-state index contributed by atoms with van der Waals surface area (Å²) in [5.74, 6) is 0.741. The van der Waals surface area contributed by atoms with E-state index in [4.69, 9.17) is 17.3 Å². The highest BCUT2D eigenvalue weighted by molar-refractivity contribution is 7.99. The van der Waals surface area contributed by atoms with Gasteiger partial charge >= 0.3 is 0 Å². The maximum atomic E-state index is 11.0. The molecule has 2 N–H and O–H groups in total. The highest BCUT2D eigenvalue weighted by Gasteiger charge is 2.07. The van der Waals surface area contributed by atoms with Gasteiger partial charge in [0.05, 0.1) is 11.6 Å². The molecule has 1 rings (SSSR count). The van der Waals surface area contributed by atoms with E-state index in [0.717, 1.165) is 48.0 Å². The van der Waals surface area contributed by atoms with Crippen molar-refractivity contribution in [1.82, 2.24) is 4.90 Å². The minimum atomic E-state index is -0.250. The van der Waals surface area contributed by atoms with Crippen LogP contribution in [0.1, 0.15) is 26.2 Å². The number of hydrogen-bond acceptors (Lipinski definition) is 3. The second-order valence-electron chi connectivity index (χ2n) is 4.73. The molecule has 0 heterocycles. The summed E-state index contributed by atoms with van der Waals surface area (Å²) in [6.45, 7) is 4.35. The molecule has 0 saturated carbocycles. The molecule has 0 fully saturated rings. The van der Waals surface area contributed by atoms with Gasteiger partial charge in [-0.2, -0.15) is 0 Å². The van der Waals surface area contributed by atoms with Crippen molar-refractivity contribution in [1.29, 1.82) is 0 Å². The summed E-state index contributed by atoms with van der Waals surface area (Å²) < 4.78 is 0. The Hall–Kier alpha value is -0.710. The zero-order valence-corrected chi connectivity index (χ0v) is 13.6. The molecule has 0 aromatic heterocycles. The molecule has 0 aliphatic rings. The molecule has 0 radical (unpaired) electrons. The average molecular weight is 315 g/mol. The third-order valence-electron chi connectivity index (χ3n) is 2.92. The zero-order valence-electron chi connectivity index (χ0n) is 12.0. The van der Waals surface area contributed by atoms with Crippen LogP contribution in [-0.4, -0.2) is 36.2 Å². The summed E-state index contributed by atoms with van der Waals surface area (Å²) in [6.07, 6.45) is 3.25. The molecule has 0 unspecified atom stereocenters. The van der Waals surface area contributed by atoms with Crippen LogP contribution in [0.5, 0.6) is 0 Å². The van der Waals surface area contributed by atoms with E-state index in [9.17, 15) is 4.79 Å². The lowest BCUT2D eigenvalue weighted by Gasteiger charge is -2.20. The van der Waals surface area contributed by atoms with E-state index in [2.05, 4.69) is 11.8 Å². The lowest BCUT2D eigenvalue weighted by Crippen LogP contribution is -2.35. The Morgan fingerprint density at radius 3 is 2.65 bits per heavy atom. The molecular weight excluding hydrogens is 292 g/mol. The molecular formula is C15H23ClN2OS. The smallest absolute Gasteiger partial charge is 0.231 e. The van der Waals surface area contributed by atoms with Crippen LogP contribution in [0.2, 0.25) is 5.02 Å². The molecule has 0 aliphatic heterocycles. The second-order valence-corrected chi connectivity index (χ2v) is 6.27. The monoisotopic (exact) mass is 314 g/mol. The lowest BCUT2D eigenvalue weighted by atomic mass is 10.3. The van der Waals surface area contributed by atoms with Crippen LogP contribution in [0.4, 0.5) is 0 Å². The number of amides is 1. The van der Waals surface area contributed by atoms with Gasteiger partial charge in [0, 0.05) is 4.90 Å². The minimum Gasteiger partial charge on any atom is -0.369 e. The molecule has 3 nitrogen and oxygen atoms in total. The van der Waals surface area contributed by atoms with Gasteiger partial charge in [-0.05, 0) is 43.8 Å². The Morgan fingerprint density at radius 2 is 2.00 bits per heavy atom. The summed E-state index contributed by atoms with van der Waals surface area (Å²) >= 11 is 7.87. The Bertz CT molecular complexity index is 415. The van der Waals surface area contributed by atoms with Gasteiger partial charge < -0.3 is 5.73 Å². The number of benzene rings is 1. The Morgan fingerprint density at radius 1 is 1.30 bits per heavy atom. The summed E-state index contributed by atoms with van der Waals surface area (Å²) in [5, 5.41) is 0.803. The average Bonchev–Trinajstić information content (AvgIpc) is 2.41. The Balaban J connectivity index is 2.29. The quantitative estimate of drug-likeness (QED) is 0.532. The van der Waals surface area contributed by atoms with Crippen LogP contribution in [0.15, 0.2) is 29.2 Å². The van der Waals surface area contributed by atoms with Gasteiger partial charge in [-0.15, -0.1) is 11.8 Å². The molecule has 0 atom stereocenters. The van der Waals surface area contributed by atoms with E-state index in [0.29, 0.717) is 6.54 Å². The van der Waals surface area contributed by atoms with Crippen LogP contribution in [0.3, 0.4) is 0 Å². The van der Waals surface area contributed by atoms with Crippen LogP contribution in [0.25, 0.3) is 0 Å². The van der Waals surface area contributed by atoms with E-state index in [1.807, 2.05) is 24.3 Å². The van der Waals surface area contributed by atoms with Crippen molar-refractivity contribution >= 4 is 29.3 Å². The van der Waals surface area contributed by atoms with E-state index in [-0.39, 0.29) is 5.91 Å². The normalized spacial score (nSPS) is 10.9. The first-order valence-corrected chi connectivity index (χ1v) is 8.37. The van der Waals surface area contributed by atoms with Crippen molar-refractivity contribution in [3.05, 3.63) is 29.3 Å². The first-order valence-electron chi connectivity index (χ1n) is 7.01. The van der Waals surface area contributed by atoms with Gasteiger partial charge in [0.15, 0.2) is 0 Å². The van der Waals surface area contributed by atoms with Crippen LogP contribution >= 0.6 is 23.4 Å². The van der Waals surface area contributed by atoms with Crippen molar-refractivity contribution < 1.29 is 4.79 Å². The van der Waals surface area contributed by atoms with Crippen molar-refractivity contribution in [3.8, 4) is 0 Å². The molecule has 20 heavy (non-hydrogen) atoms. The van der Waals surface area contributed by atoms with Gasteiger partial charge in [-0.25, -0.2) is 0 Å². The van der Waals surface area contributed by atoms with Gasteiger partial charge in [0.1, 0.15) is 0 Å². The molecule has 1 amide bonds. The van der Waals surface area contributed by atoms with Crippen molar-refractivity contribution in [2.45, 2.75) is 31.1 Å². The number of unbranched alkanes of at least 4 members (excludes halogenated alkanes) is 1. The minimum absolute atomic E-state index is 0.250. The SMILES string of the molecule is CCCCN(CCCSc1ccccc1Cl)CC(N)=O. The summed E-state index contributed by atoms with van der Waals surface area (Å²) in [7, 11) is 0. The standard InChI is InChI=1S/C15H23ClN2OS/c1-2-3-9-18(12-15(17)19)10-6-11-20-14-8-5-4-7-13(14)16/h4-5,7-8H,2-3,6,9-12H2,1H3,(H2,17,19). The number of halogens is 1. The fraction of sp³-hybridized carbons (Fsp3) is 0.533. The van der Waals surface area contributed by atoms with Gasteiger partial charge in [-0.1, -0.05) is 37.1 Å². The molecule has 1 aromatic rings. The number of thioether (sulfide) groups is 1. The number of hydrogen-bond donors (Lipinski definition) is 1. The van der Waals surface area contributed by atoms with Crippen LogP contribution in [-0.2, 0) is 4.79 Å². The predicted molar refractivity (Wildman–Crippen MR) is 87.3 cm³/mol. The third-order valence-corrected chi connectivity index (χ3v) is 4.52. The first-order chi connectivity index (χ1) is 9.63. The van der Waals surface area contributed by atoms with Crippen molar-refractivity contribution in [2.75, 3.05) is 25.4 Å². The number of primary amides is 1. The summed E-state index contributed by atoms with van der Waals surface area (Å²) in [4.78, 5) is 14.3. The first kappa shape index (κ1) is 17.3. The highest BCUT2D eigenvalue weighted by atomic mass is 35.5.